The summed E-state index contributed by atoms with van der Waals surface area (Å²) in [6.07, 6.45) is 6.75. The number of pyridine rings is 1. The number of carbonyl (C=O) groups is 1. The lowest BCUT2D eigenvalue weighted by molar-refractivity contribution is 0.163. The van der Waals surface area contributed by atoms with Crippen molar-refractivity contribution in [2.45, 2.75) is 32.2 Å². The number of hydrogen-bond acceptors (Lipinski definition) is 3. The van der Waals surface area contributed by atoms with Gasteiger partial charge in [-0.3, -0.25) is 4.98 Å². The van der Waals surface area contributed by atoms with Gasteiger partial charge in [0.2, 0.25) is 0 Å². The molecule has 0 saturated carbocycles. The predicted molar refractivity (Wildman–Crippen MR) is 97.5 cm³/mol. The number of anilines is 1. The molecule has 1 fully saturated rings. The first-order chi connectivity index (χ1) is 12.2. The van der Waals surface area contributed by atoms with Gasteiger partial charge in [0.15, 0.2) is 0 Å². The molecule has 2 amide bonds. The maximum absolute atomic E-state index is 12.9. The lowest BCUT2D eigenvalue weighted by Gasteiger charge is -2.35. The highest BCUT2D eigenvalue weighted by Crippen LogP contribution is 2.31. The number of aromatic nitrogens is 1. The maximum Gasteiger partial charge on any atom is 0.322 e. The summed E-state index contributed by atoms with van der Waals surface area (Å²) in [4.78, 5) is 19.0. The van der Waals surface area contributed by atoms with E-state index in [0.717, 1.165) is 53.8 Å². The van der Waals surface area contributed by atoms with Crippen molar-refractivity contribution in [3.05, 3.63) is 60.1 Å². The van der Waals surface area contributed by atoms with Gasteiger partial charge in [-0.1, -0.05) is 6.07 Å². The molecule has 25 heavy (non-hydrogen) atoms. The fraction of sp³-hybridized carbons (Fsp3) is 0.300. The molecule has 0 aliphatic carbocycles. The number of likely N-dealkylation sites (tertiary alicyclic amines) is 1. The number of urea groups is 1. The molecular formula is C20H21N3O2. The van der Waals surface area contributed by atoms with E-state index in [-0.39, 0.29) is 12.1 Å². The first-order valence-electron chi connectivity index (χ1n) is 8.68. The van der Waals surface area contributed by atoms with E-state index in [0.29, 0.717) is 0 Å². The number of furan rings is 1. The summed E-state index contributed by atoms with van der Waals surface area (Å²) in [7, 11) is 0. The standard InChI is InChI=1S/C20H21N3O2/c1-14-11-16-12-17(7-8-19(16)25-14)22-20(24)23-10-3-2-6-18(23)15-5-4-9-21-13-15/h4-5,7-9,11-13,18H,2-3,6,10H2,1H3,(H,22,24). The SMILES string of the molecule is Cc1cc2cc(NC(=O)N3CCCCC3c3cccnc3)ccc2o1. The lowest BCUT2D eigenvalue weighted by Crippen LogP contribution is -2.41. The quantitative estimate of drug-likeness (QED) is 0.725. The number of fused-ring (bicyclic) bond motifs is 1. The first kappa shape index (κ1) is 15.7. The number of nitrogens with zero attached hydrogens (tertiary/aromatic N) is 2. The molecule has 3 heterocycles. The fourth-order valence-corrected chi connectivity index (χ4v) is 3.54. The van der Waals surface area contributed by atoms with Crippen molar-refractivity contribution in [2.75, 3.05) is 11.9 Å². The third kappa shape index (κ3) is 3.22. The lowest BCUT2D eigenvalue weighted by atomic mass is 9.97. The third-order valence-electron chi connectivity index (χ3n) is 4.72. The zero-order chi connectivity index (χ0) is 17.2. The molecule has 5 nitrogen and oxygen atoms in total. The van der Waals surface area contributed by atoms with Crippen molar-refractivity contribution in [3.8, 4) is 0 Å². The molecule has 1 N–H and O–H groups in total. The van der Waals surface area contributed by atoms with Crippen molar-refractivity contribution in [3.63, 3.8) is 0 Å². The molecule has 1 atom stereocenters. The van der Waals surface area contributed by atoms with E-state index in [2.05, 4.69) is 10.3 Å². The van der Waals surface area contributed by atoms with E-state index < -0.39 is 0 Å². The number of benzene rings is 1. The van der Waals surface area contributed by atoms with Crippen LogP contribution in [0.4, 0.5) is 10.5 Å². The van der Waals surface area contributed by atoms with Gasteiger partial charge in [0.25, 0.3) is 0 Å². The minimum Gasteiger partial charge on any atom is -0.461 e. The molecule has 2 aromatic heterocycles. The Hall–Kier alpha value is -2.82. The Bertz CT molecular complexity index is 888. The molecule has 128 valence electrons. The van der Waals surface area contributed by atoms with Crippen LogP contribution in [0.2, 0.25) is 0 Å². The Morgan fingerprint density at radius 3 is 3.04 bits per heavy atom. The van der Waals surface area contributed by atoms with Crippen molar-refractivity contribution in [1.82, 2.24) is 9.88 Å². The van der Waals surface area contributed by atoms with Crippen LogP contribution < -0.4 is 5.32 Å². The van der Waals surface area contributed by atoms with Crippen molar-refractivity contribution in [1.29, 1.82) is 0 Å². The largest absolute Gasteiger partial charge is 0.461 e. The van der Waals surface area contributed by atoms with Crippen molar-refractivity contribution < 1.29 is 9.21 Å². The van der Waals surface area contributed by atoms with E-state index in [1.807, 2.05) is 54.4 Å². The van der Waals surface area contributed by atoms with Gasteiger partial charge in [-0.2, -0.15) is 0 Å². The molecule has 1 aliphatic heterocycles. The Kier molecular flexibility index (Phi) is 4.14. The smallest absolute Gasteiger partial charge is 0.322 e. The molecule has 1 aliphatic rings. The Balaban J connectivity index is 1.55. The van der Waals surface area contributed by atoms with E-state index in [1.165, 1.54) is 0 Å². The van der Waals surface area contributed by atoms with Crippen LogP contribution in [-0.4, -0.2) is 22.5 Å². The van der Waals surface area contributed by atoms with Crippen LogP contribution in [0.1, 0.15) is 36.6 Å². The molecule has 1 saturated heterocycles. The van der Waals surface area contributed by atoms with Gasteiger partial charge < -0.3 is 14.6 Å². The van der Waals surface area contributed by atoms with Crippen molar-refractivity contribution >= 4 is 22.7 Å². The summed E-state index contributed by atoms with van der Waals surface area (Å²) in [5, 5.41) is 4.04. The molecule has 1 unspecified atom stereocenters. The first-order valence-corrected chi connectivity index (χ1v) is 8.68. The van der Waals surface area contributed by atoms with Gasteiger partial charge in [-0.15, -0.1) is 0 Å². The van der Waals surface area contributed by atoms with Crippen LogP contribution in [0.25, 0.3) is 11.0 Å². The van der Waals surface area contributed by atoms with Crippen LogP contribution in [0, 0.1) is 6.92 Å². The van der Waals surface area contributed by atoms with Crippen LogP contribution in [0.5, 0.6) is 0 Å². The highest BCUT2D eigenvalue weighted by Gasteiger charge is 2.28. The topological polar surface area (TPSA) is 58.4 Å². The summed E-state index contributed by atoms with van der Waals surface area (Å²) < 4.78 is 5.59. The van der Waals surface area contributed by atoms with Crippen LogP contribution in [0.15, 0.2) is 53.2 Å². The van der Waals surface area contributed by atoms with Gasteiger partial charge in [0.05, 0.1) is 6.04 Å². The second-order valence-corrected chi connectivity index (χ2v) is 6.53. The van der Waals surface area contributed by atoms with E-state index >= 15 is 0 Å². The van der Waals surface area contributed by atoms with E-state index in [1.54, 1.807) is 6.20 Å². The Labute approximate surface area is 146 Å². The summed E-state index contributed by atoms with van der Waals surface area (Å²) in [6, 6.07) is 11.7. The molecule has 4 rings (SSSR count). The van der Waals surface area contributed by atoms with Crippen molar-refractivity contribution in [2.24, 2.45) is 0 Å². The normalized spacial score (nSPS) is 17.6. The summed E-state index contributed by atoms with van der Waals surface area (Å²) in [5.74, 6) is 0.867. The van der Waals surface area contributed by atoms with Crippen LogP contribution in [0.3, 0.4) is 0 Å². The number of hydrogen-bond donors (Lipinski definition) is 1. The van der Waals surface area contributed by atoms with E-state index in [9.17, 15) is 4.79 Å². The summed E-state index contributed by atoms with van der Waals surface area (Å²) >= 11 is 0. The average molecular weight is 335 g/mol. The molecule has 3 aromatic rings. The zero-order valence-corrected chi connectivity index (χ0v) is 14.2. The highest BCUT2D eigenvalue weighted by atomic mass is 16.3. The van der Waals surface area contributed by atoms with Gasteiger partial charge in [-0.05, 0) is 62.1 Å². The molecule has 0 bridgehead atoms. The second kappa shape index (κ2) is 6.59. The molecule has 0 spiro atoms. The van der Waals surface area contributed by atoms with E-state index in [4.69, 9.17) is 4.42 Å². The van der Waals surface area contributed by atoms with Gasteiger partial charge in [-0.25, -0.2) is 4.79 Å². The molecule has 0 radical (unpaired) electrons. The third-order valence-corrected chi connectivity index (χ3v) is 4.72. The maximum atomic E-state index is 12.9. The summed E-state index contributed by atoms with van der Waals surface area (Å²) in [6.45, 7) is 2.68. The number of rotatable bonds is 2. The number of amides is 2. The van der Waals surface area contributed by atoms with Gasteiger partial charge in [0.1, 0.15) is 11.3 Å². The predicted octanol–water partition coefficient (Wildman–Crippen LogP) is 4.90. The zero-order valence-electron chi connectivity index (χ0n) is 14.2. The van der Waals surface area contributed by atoms with Gasteiger partial charge in [0, 0.05) is 30.0 Å². The van der Waals surface area contributed by atoms with Crippen LogP contribution >= 0.6 is 0 Å². The molecular weight excluding hydrogens is 314 g/mol. The molecule has 5 heteroatoms. The number of aryl methyl sites for hydroxylation is 1. The van der Waals surface area contributed by atoms with Crippen LogP contribution in [-0.2, 0) is 0 Å². The highest BCUT2D eigenvalue weighted by molar-refractivity contribution is 5.92. The molecule has 1 aromatic carbocycles. The monoisotopic (exact) mass is 335 g/mol. The number of nitrogens with one attached hydrogen (secondary N) is 1. The number of carbonyl (C=O) groups excluding carboxylic acids is 1. The average Bonchev–Trinajstić information content (AvgIpc) is 3.02. The number of piperidine rings is 1. The summed E-state index contributed by atoms with van der Waals surface area (Å²) in [5.41, 5.74) is 2.72. The minimum atomic E-state index is -0.0619. The Morgan fingerprint density at radius 2 is 2.20 bits per heavy atom. The van der Waals surface area contributed by atoms with Gasteiger partial charge >= 0.3 is 6.03 Å². The Morgan fingerprint density at radius 1 is 1.28 bits per heavy atom. The minimum absolute atomic E-state index is 0.0619. The fourth-order valence-electron chi connectivity index (χ4n) is 3.54. The second-order valence-electron chi connectivity index (χ2n) is 6.53.